The van der Waals surface area contributed by atoms with Crippen LogP contribution in [0.15, 0.2) is 218 Å². The maximum atomic E-state index is 12.4. The molecular weight excluding hydrogens is 1320 g/mol. The zero-order chi connectivity index (χ0) is 75.1. The van der Waals surface area contributed by atoms with Gasteiger partial charge in [0, 0.05) is 45.7 Å². The van der Waals surface area contributed by atoms with Gasteiger partial charge < -0.3 is 31.7 Å². The third-order valence-corrected chi connectivity index (χ3v) is 18.0. The van der Waals surface area contributed by atoms with Crippen LogP contribution in [-0.4, -0.2) is 74.7 Å². The van der Waals surface area contributed by atoms with E-state index in [1.807, 2.05) is 208 Å². The molecule has 6 atom stereocenters. The zero-order valence-electron chi connectivity index (χ0n) is 59.5. The Bertz CT molecular complexity index is 4200. The van der Waals surface area contributed by atoms with Crippen molar-refractivity contribution in [1.82, 2.24) is 37.7 Å². The van der Waals surface area contributed by atoms with Gasteiger partial charge in [0.2, 0.25) is 0 Å². The number of hydrogen-bond donors (Lipinski definition) is 13. The number of Topliss-reactive ketones (excluding diaryl/α,β-unsaturated/α-hetero) is 2. The van der Waals surface area contributed by atoms with Crippen LogP contribution in [0.4, 0.5) is 25.1 Å². The molecule has 8 aromatic carbocycles. The van der Waals surface area contributed by atoms with Crippen LogP contribution in [-0.2, 0) is 4.79 Å². The number of carbonyl (C=O) groups is 8. The van der Waals surface area contributed by atoms with Crippen molar-refractivity contribution in [2.24, 2.45) is 11.8 Å². The molecule has 0 aliphatic rings. The topological polar surface area (TPSA) is 326 Å². The van der Waals surface area contributed by atoms with Crippen molar-refractivity contribution < 1.29 is 59.1 Å². The Balaban J connectivity index is 0.000000216. The van der Waals surface area contributed by atoms with Crippen molar-refractivity contribution in [3.63, 3.8) is 0 Å². The van der Waals surface area contributed by atoms with E-state index in [2.05, 4.69) is 38.8 Å². The second kappa shape index (κ2) is 40.9. The third-order valence-electron chi connectivity index (χ3n) is 17.0. The summed E-state index contributed by atoms with van der Waals surface area (Å²) < 4.78 is 0. The van der Waals surface area contributed by atoms with E-state index in [0.29, 0.717) is 35.1 Å². The standard InChI is InChI=1S/C21H26N2O3.C20H19N3O3S.C20H25N3O3.C20H23NO3/c1-14(2)20(18-11-9-17(10-12-18)19(25)13-24)23-21(26)22-15(3)16-7-5-4-6-8-16;1-13(14-7-9-16(10-8-14)19(24)23-26)21-20(25)22-18-12-11-17(27-18)15-5-3-2-4-6-15;1-12(2)18(15-6-8-16(9-7-15)19(24)23-26)22-20(25)21-17-10-5-13(3)14(4)11-17;1-14(16-6-4-3-5-7-16)12-19(22)13-15(2)17-8-10-18(11-9-17)20(23)21-24/h4-12,14-15,20,24H,13H2,1-3H3,(H2,22,23,26);2-13,26H,1H3,(H,23,24)(H2,21,22,25);5-12,18,26H,1-4H3,(H,23,24)(H2,21,22,25);3-11,14-15,24H,12-13H2,1-2H3,(H,21,23)/t15-,20-;13-;18-;14-,15+/m1111/s1. The lowest BCUT2D eigenvalue weighted by molar-refractivity contribution is -0.119. The van der Waals surface area contributed by atoms with Gasteiger partial charge in [-0.15, -0.1) is 11.3 Å². The number of nitrogens with one attached hydrogen (secondary N) is 9. The number of thiophene rings is 1. The van der Waals surface area contributed by atoms with E-state index in [-0.39, 0.29) is 77.5 Å². The van der Waals surface area contributed by atoms with Gasteiger partial charge in [-0.3, -0.25) is 44.9 Å². The molecule has 0 bridgehead atoms. The van der Waals surface area contributed by atoms with E-state index in [0.717, 1.165) is 54.5 Å². The first kappa shape index (κ1) is 80.8. The number of hydroxylamine groups is 3. The lowest BCUT2D eigenvalue weighted by atomic mass is 9.89. The van der Waals surface area contributed by atoms with E-state index in [4.69, 9.17) is 20.7 Å². The number of benzene rings is 8. The predicted molar refractivity (Wildman–Crippen MR) is 403 cm³/mol. The fourth-order valence-corrected chi connectivity index (χ4v) is 11.8. The molecule has 0 aliphatic carbocycles. The summed E-state index contributed by atoms with van der Waals surface area (Å²) in [6.45, 7) is 19.5. The quantitative estimate of drug-likeness (QED) is 0.0153. The van der Waals surface area contributed by atoms with E-state index in [1.165, 1.54) is 22.5 Å². The van der Waals surface area contributed by atoms with Crippen molar-refractivity contribution in [2.75, 3.05) is 17.2 Å². The Morgan fingerprint density at radius 1 is 0.379 bits per heavy atom. The minimum absolute atomic E-state index is 0.0895. The van der Waals surface area contributed by atoms with Gasteiger partial charge in [0.15, 0.2) is 5.78 Å². The molecule has 0 spiro atoms. The molecule has 1 heterocycles. The molecular formula is C81H93N9O12S. The monoisotopic (exact) mass is 1420 g/mol. The van der Waals surface area contributed by atoms with Gasteiger partial charge in [-0.1, -0.05) is 199 Å². The highest BCUT2D eigenvalue weighted by atomic mass is 32.1. The summed E-state index contributed by atoms with van der Waals surface area (Å²) in [4.78, 5) is 96.1. The number of anilines is 2. The summed E-state index contributed by atoms with van der Waals surface area (Å²) in [6.07, 6.45) is 1.00. The highest BCUT2D eigenvalue weighted by molar-refractivity contribution is 7.19. The Hall–Kier alpha value is -11.1. The summed E-state index contributed by atoms with van der Waals surface area (Å²) in [7, 11) is 0. The molecule has 0 saturated heterocycles. The number of aliphatic hydroxyl groups is 1. The Labute approximate surface area is 605 Å². The minimum atomic E-state index is -0.577. The fraction of sp³-hybridized carbons (Fsp3) is 0.259. The minimum Gasteiger partial charge on any atom is -0.388 e. The molecule has 21 nitrogen and oxygen atoms in total. The lowest BCUT2D eigenvalue weighted by Gasteiger charge is -2.24. The van der Waals surface area contributed by atoms with E-state index in [9.17, 15) is 38.4 Å². The van der Waals surface area contributed by atoms with Crippen LogP contribution in [0, 0.1) is 25.7 Å². The van der Waals surface area contributed by atoms with E-state index < -0.39 is 24.3 Å². The van der Waals surface area contributed by atoms with Gasteiger partial charge in [-0.25, -0.2) is 30.8 Å². The van der Waals surface area contributed by atoms with Gasteiger partial charge in [-0.2, -0.15) is 0 Å². The number of aliphatic hydroxyl groups excluding tert-OH is 1. The molecule has 0 saturated carbocycles. The van der Waals surface area contributed by atoms with E-state index >= 15 is 0 Å². The van der Waals surface area contributed by atoms with Crippen LogP contribution < -0.4 is 48.3 Å². The molecule has 22 heteroatoms. The fourth-order valence-electron chi connectivity index (χ4n) is 10.9. The van der Waals surface area contributed by atoms with Gasteiger partial charge in [-0.05, 0) is 162 Å². The second-order valence-corrected chi connectivity index (χ2v) is 26.6. The summed E-state index contributed by atoms with van der Waals surface area (Å²) in [5, 5.41) is 53.1. The number of amides is 9. The van der Waals surface area contributed by atoms with Crippen LogP contribution >= 0.6 is 11.3 Å². The number of urea groups is 3. The smallest absolute Gasteiger partial charge is 0.320 e. The van der Waals surface area contributed by atoms with Crippen LogP contribution in [0.1, 0.15) is 190 Å². The van der Waals surface area contributed by atoms with Gasteiger partial charge in [0.1, 0.15) is 12.4 Å². The molecule has 0 unspecified atom stereocenters. The molecule has 0 aliphatic heterocycles. The molecule has 0 fully saturated rings. The molecule has 1 aromatic heterocycles. The normalized spacial score (nSPS) is 12.3. The predicted octanol–water partition coefficient (Wildman–Crippen LogP) is 16.0. The molecule has 13 N–H and O–H groups in total. The first-order valence-corrected chi connectivity index (χ1v) is 34.6. The van der Waals surface area contributed by atoms with Crippen LogP contribution in [0.2, 0.25) is 0 Å². The average Bonchev–Trinajstić information content (AvgIpc) is 1.30. The summed E-state index contributed by atoms with van der Waals surface area (Å²) >= 11 is 1.50. The van der Waals surface area contributed by atoms with Crippen molar-refractivity contribution >= 4 is 69.4 Å². The number of rotatable bonds is 24. The van der Waals surface area contributed by atoms with Gasteiger partial charge in [0.25, 0.3) is 17.7 Å². The van der Waals surface area contributed by atoms with Crippen molar-refractivity contribution in [2.45, 2.75) is 118 Å². The second-order valence-electron chi connectivity index (χ2n) is 25.5. The number of ketones is 2. The summed E-state index contributed by atoms with van der Waals surface area (Å²) in [5.41, 5.74) is 16.3. The summed E-state index contributed by atoms with van der Waals surface area (Å²) in [6, 6.07) is 65.1. The lowest BCUT2D eigenvalue weighted by Crippen LogP contribution is -2.40. The Morgan fingerprint density at radius 3 is 1.19 bits per heavy atom. The van der Waals surface area contributed by atoms with Gasteiger partial charge >= 0.3 is 18.1 Å². The van der Waals surface area contributed by atoms with E-state index in [1.54, 1.807) is 89.2 Å². The van der Waals surface area contributed by atoms with Crippen molar-refractivity contribution in [3.05, 3.63) is 285 Å². The molecule has 9 amide bonds. The molecule has 9 rings (SSSR count). The highest BCUT2D eigenvalue weighted by Gasteiger charge is 2.23. The van der Waals surface area contributed by atoms with Crippen LogP contribution in [0.25, 0.3) is 10.4 Å². The van der Waals surface area contributed by atoms with Gasteiger partial charge in [0.05, 0.1) is 29.2 Å². The van der Waals surface area contributed by atoms with Crippen molar-refractivity contribution in [3.8, 4) is 10.4 Å². The number of carbonyl (C=O) groups excluding carboxylic acids is 8. The largest absolute Gasteiger partial charge is 0.388 e. The molecule has 103 heavy (non-hydrogen) atoms. The third kappa shape index (κ3) is 25.8. The SMILES string of the molecule is CC(C)[C@@H](NC(=O)N[C@H](C)c1ccccc1)c1ccc(C(=O)CO)cc1.C[C@@H](NC(=O)Nc1ccc(-c2ccccc2)s1)c1ccc(C(=O)NO)cc1.C[C@H](CC(=O)C[C@H](C)c1ccc(C(=O)NO)cc1)c1ccccc1.Cc1ccc(NC(=O)N[C@@H](c2ccc(C(=O)NO)cc2)C(C)C)cc1C. The van der Waals surface area contributed by atoms with Crippen molar-refractivity contribution in [1.29, 1.82) is 0 Å². The number of aryl methyl sites for hydroxylation is 2. The zero-order valence-corrected chi connectivity index (χ0v) is 60.3. The van der Waals surface area contributed by atoms with Crippen LogP contribution in [0.3, 0.4) is 0 Å². The number of hydrogen-bond acceptors (Lipinski definition) is 13. The molecule has 540 valence electrons. The maximum absolute atomic E-state index is 12.4. The average molecular weight is 1420 g/mol. The Morgan fingerprint density at radius 2 is 0.757 bits per heavy atom. The molecule has 9 aromatic rings. The summed E-state index contributed by atoms with van der Waals surface area (Å²) in [5.74, 6) is -1.15. The maximum Gasteiger partial charge on any atom is 0.320 e. The van der Waals surface area contributed by atoms with Crippen LogP contribution in [0.5, 0.6) is 0 Å². The first-order chi connectivity index (χ1) is 49.3. The highest BCUT2D eigenvalue weighted by Crippen LogP contribution is 2.32. The molecule has 0 radical (unpaired) electrons. The first-order valence-electron chi connectivity index (χ1n) is 33.7. The Kier molecular flexibility index (Phi) is 32.1.